The maximum absolute atomic E-state index is 13.0. The summed E-state index contributed by atoms with van der Waals surface area (Å²) in [5.41, 5.74) is 0.618. The quantitative estimate of drug-likeness (QED) is 0.143. The summed E-state index contributed by atoms with van der Waals surface area (Å²) in [6.45, 7) is 7.93. The van der Waals surface area contributed by atoms with Gasteiger partial charge in [-0.15, -0.1) is 0 Å². The van der Waals surface area contributed by atoms with Crippen LogP contribution in [0, 0.1) is 5.41 Å². The Morgan fingerprint density at radius 2 is 1.70 bits per heavy atom. The van der Waals surface area contributed by atoms with Gasteiger partial charge in [0, 0.05) is 6.42 Å². The highest BCUT2D eigenvalue weighted by Gasteiger charge is 2.41. The summed E-state index contributed by atoms with van der Waals surface area (Å²) in [7, 11) is 0. The van der Waals surface area contributed by atoms with Gasteiger partial charge in [0.1, 0.15) is 18.0 Å². The molecule has 9 heteroatoms. The summed E-state index contributed by atoms with van der Waals surface area (Å²) in [4.78, 5) is 42.0. The van der Waals surface area contributed by atoms with E-state index in [0.717, 1.165) is 61.4 Å². The van der Waals surface area contributed by atoms with Crippen LogP contribution in [0.1, 0.15) is 64.0 Å². The van der Waals surface area contributed by atoms with E-state index in [-0.39, 0.29) is 19.0 Å². The first kappa shape index (κ1) is 31.1. The summed E-state index contributed by atoms with van der Waals surface area (Å²) >= 11 is 0. The number of piperidine rings is 1. The number of unbranched alkanes of at least 4 members (excludes halogenated alkanes) is 1. The van der Waals surface area contributed by atoms with E-state index in [0.29, 0.717) is 18.8 Å². The number of carbonyl (C=O) groups excluding carboxylic acids is 2. The minimum atomic E-state index is -1.17. The van der Waals surface area contributed by atoms with Gasteiger partial charge >= 0.3 is 11.9 Å². The van der Waals surface area contributed by atoms with Crippen molar-refractivity contribution in [3.05, 3.63) is 65.7 Å². The third-order valence-electron chi connectivity index (χ3n) is 6.98. The number of nitrogens with zero attached hydrogens (tertiary/aromatic N) is 1. The number of carbonyl (C=O) groups is 3. The van der Waals surface area contributed by atoms with Crippen LogP contribution in [0.4, 0.5) is 0 Å². The Hall–Kier alpha value is -3.43. The largest absolute Gasteiger partial charge is 0.494 e. The molecule has 1 aliphatic rings. The molecule has 1 atom stereocenters. The van der Waals surface area contributed by atoms with Crippen LogP contribution in [0.5, 0.6) is 5.75 Å². The lowest BCUT2D eigenvalue weighted by Crippen LogP contribution is -2.45. The number of amides is 1. The zero-order valence-corrected chi connectivity index (χ0v) is 23.8. The van der Waals surface area contributed by atoms with E-state index in [2.05, 4.69) is 5.32 Å². The molecular weight excluding hydrogens is 512 g/mol. The number of esters is 1. The SMILES string of the molecule is CC(C)(C)OC(=O)C1(CCCCOc2ccc(CC(C(=O)O)N(C=O)OCc3ccccc3)cc2)CCNCC1. The molecule has 0 radical (unpaired) electrons. The predicted octanol–water partition coefficient (Wildman–Crippen LogP) is 4.53. The van der Waals surface area contributed by atoms with Gasteiger partial charge in [0.05, 0.1) is 12.0 Å². The molecule has 0 bridgehead atoms. The number of carboxylic acids is 1. The Morgan fingerprint density at radius 1 is 1.02 bits per heavy atom. The number of aliphatic carboxylic acids is 1. The van der Waals surface area contributed by atoms with Gasteiger partial charge in [-0.25, -0.2) is 9.86 Å². The number of ether oxygens (including phenoxy) is 2. The molecule has 1 unspecified atom stereocenters. The summed E-state index contributed by atoms with van der Waals surface area (Å²) < 4.78 is 11.6. The number of carboxylic acid groups (broad SMARTS) is 1. The first-order valence-electron chi connectivity index (χ1n) is 13.9. The summed E-state index contributed by atoms with van der Waals surface area (Å²) in [5, 5.41) is 13.9. The Morgan fingerprint density at radius 3 is 2.30 bits per heavy atom. The van der Waals surface area contributed by atoms with Crippen molar-refractivity contribution in [2.24, 2.45) is 5.41 Å². The Labute approximate surface area is 236 Å². The normalized spacial score (nSPS) is 15.6. The van der Waals surface area contributed by atoms with Crippen molar-refractivity contribution >= 4 is 18.3 Å². The average Bonchev–Trinajstić information content (AvgIpc) is 2.93. The van der Waals surface area contributed by atoms with Gasteiger partial charge in [-0.1, -0.05) is 42.5 Å². The summed E-state index contributed by atoms with van der Waals surface area (Å²) in [6, 6.07) is 15.2. The number of benzene rings is 2. The number of rotatable bonds is 15. The molecule has 1 amide bonds. The molecule has 0 aliphatic carbocycles. The fraction of sp³-hybridized carbons (Fsp3) is 0.516. The van der Waals surface area contributed by atoms with Crippen molar-refractivity contribution in [1.82, 2.24) is 10.4 Å². The molecule has 0 aromatic heterocycles. The summed E-state index contributed by atoms with van der Waals surface area (Å²) in [6.07, 6.45) is 4.46. The highest BCUT2D eigenvalue weighted by Crippen LogP contribution is 2.37. The van der Waals surface area contributed by atoms with E-state index >= 15 is 0 Å². The predicted molar refractivity (Wildman–Crippen MR) is 150 cm³/mol. The van der Waals surface area contributed by atoms with Crippen LogP contribution < -0.4 is 10.1 Å². The lowest BCUT2D eigenvalue weighted by molar-refractivity contribution is -0.200. The number of hydroxylamine groups is 2. The van der Waals surface area contributed by atoms with Crippen molar-refractivity contribution in [1.29, 1.82) is 0 Å². The second-order valence-electron chi connectivity index (χ2n) is 11.3. The standard InChI is InChI=1S/C31H42N2O7/c1-30(2,3)40-29(37)31(16-18-32-19-17-31)15-7-8-20-38-26-13-11-24(12-14-26)21-27(28(35)36)33(23-34)39-22-25-9-5-4-6-10-25/h4-6,9-14,23,27,32H,7-8,15-22H2,1-3H3,(H,35,36). The van der Waals surface area contributed by atoms with Crippen molar-refractivity contribution in [2.75, 3.05) is 19.7 Å². The third-order valence-corrected chi connectivity index (χ3v) is 6.98. The first-order valence-corrected chi connectivity index (χ1v) is 13.9. The maximum atomic E-state index is 13.0. The van der Waals surface area contributed by atoms with Gasteiger partial charge in [0.25, 0.3) is 0 Å². The Balaban J connectivity index is 1.47. The lowest BCUT2D eigenvalue weighted by Gasteiger charge is -2.37. The van der Waals surface area contributed by atoms with Crippen molar-refractivity contribution < 1.29 is 33.8 Å². The maximum Gasteiger partial charge on any atom is 0.329 e. The fourth-order valence-corrected chi connectivity index (χ4v) is 4.75. The van der Waals surface area contributed by atoms with Crippen LogP contribution in [0.25, 0.3) is 0 Å². The van der Waals surface area contributed by atoms with Gasteiger partial charge < -0.3 is 19.9 Å². The molecule has 1 fully saturated rings. The van der Waals surface area contributed by atoms with E-state index in [1.54, 1.807) is 24.3 Å². The molecule has 1 aliphatic heterocycles. The summed E-state index contributed by atoms with van der Waals surface area (Å²) in [5.74, 6) is -0.582. The molecule has 0 saturated carbocycles. The molecule has 3 rings (SSSR count). The van der Waals surface area contributed by atoms with Gasteiger partial charge in [0.2, 0.25) is 6.41 Å². The molecule has 2 N–H and O–H groups in total. The number of hydrogen-bond acceptors (Lipinski definition) is 7. The molecular formula is C31H42N2O7. The minimum absolute atomic E-state index is 0.0880. The number of hydrogen-bond donors (Lipinski definition) is 2. The molecule has 9 nitrogen and oxygen atoms in total. The fourth-order valence-electron chi connectivity index (χ4n) is 4.75. The van der Waals surface area contributed by atoms with Gasteiger partial charge in [-0.3, -0.25) is 14.4 Å². The molecule has 0 spiro atoms. The van der Waals surface area contributed by atoms with E-state index in [1.807, 2.05) is 51.1 Å². The van der Waals surface area contributed by atoms with Crippen LogP contribution >= 0.6 is 0 Å². The van der Waals surface area contributed by atoms with Crippen LogP contribution in [0.15, 0.2) is 54.6 Å². The monoisotopic (exact) mass is 554 g/mol. The molecule has 1 heterocycles. The Bertz CT molecular complexity index is 1080. The van der Waals surface area contributed by atoms with E-state index < -0.39 is 23.0 Å². The average molecular weight is 555 g/mol. The zero-order valence-electron chi connectivity index (χ0n) is 23.8. The highest BCUT2D eigenvalue weighted by molar-refractivity contribution is 5.77. The van der Waals surface area contributed by atoms with Crippen LogP contribution in [-0.2, 0) is 37.0 Å². The second-order valence-corrected chi connectivity index (χ2v) is 11.3. The van der Waals surface area contributed by atoms with Crippen LogP contribution in [0.3, 0.4) is 0 Å². The smallest absolute Gasteiger partial charge is 0.329 e. The minimum Gasteiger partial charge on any atom is -0.494 e. The lowest BCUT2D eigenvalue weighted by atomic mass is 9.75. The van der Waals surface area contributed by atoms with Crippen LogP contribution in [0.2, 0.25) is 0 Å². The molecule has 1 saturated heterocycles. The first-order chi connectivity index (χ1) is 19.1. The van der Waals surface area contributed by atoms with E-state index in [4.69, 9.17) is 14.3 Å². The third kappa shape index (κ3) is 9.64. The van der Waals surface area contributed by atoms with Gasteiger partial charge in [0.15, 0.2) is 6.04 Å². The van der Waals surface area contributed by atoms with Crippen molar-refractivity contribution in [2.45, 2.75) is 77.5 Å². The zero-order chi connectivity index (χ0) is 29.0. The van der Waals surface area contributed by atoms with Crippen LogP contribution in [-0.4, -0.2) is 59.9 Å². The van der Waals surface area contributed by atoms with Crippen molar-refractivity contribution in [3.63, 3.8) is 0 Å². The molecule has 2 aromatic carbocycles. The Kier molecular flexibility index (Phi) is 11.5. The second kappa shape index (κ2) is 14.8. The van der Waals surface area contributed by atoms with Crippen molar-refractivity contribution in [3.8, 4) is 5.75 Å². The highest BCUT2D eigenvalue weighted by atomic mass is 16.7. The molecule has 40 heavy (non-hydrogen) atoms. The van der Waals surface area contributed by atoms with Gasteiger partial charge in [-0.2, -0.15) is 0 Å². The van der Waals surface area contributed by atoms with E-state index in [9.17, 15) is 19.5 Å². The topological polar surface area (TPSA) is 114 Å². The van der Waals surface area contributed by atoms with E-state index in [1.165, 1.54) is 0 Å². The molecule has 2 aromatic rings. The van der Waals surface area contributed by atoms with Gasteiger partial charge in [-0.05, 0) is 89.2 Å². The molecule has 218 valence electrons. The number of nitrogens with one attached hydrogen (secondary N) is 1.